The number of hydrogen-bond donors (Lipinski definition) is 1. The highest BCUT2D eigenvalue weighted by Crippen LogP contribution is 2.21. The number of hydrogen-bond acceptors (Lipinski definition) is 6. The van der Waals surface area contributed by atoms with Crippen LogP contribution in [0.2, 0.25) is 5.28 Å². The lowest BCUT2D eigenvalue weighted by Crippen LogP contribution is -2.29. The van der Waals surface area contributed by atoms with Gasteiger partial charge in [0, 0.05) is 19.1 Å². The summed E-state index contributed by atoms with van der Waals surface area (Å²) in [5.74, 6) is 0.943. The smallest absolute Gasteiger partial charge is 0.322 e. The molecule has 0 amide bonds. The molecule has 2 N–H and O–H groups in total. The molecule has 7 heteroatoms. The molecular formula is C9H14ClN5O. The van der Waals surface area contributed by atoms with Crippen molar-refractivity contribution in [2.75, 3.05) is 25.1 Å². The van der Waals surface area contributed by atoms with Crippen molar-refractivity contribution in [3.63, 3.8) is 0 Å². The minimum Gasteiger partial charge on any atom is -0.467 e. The first-order valence-corrected chi connectivity index (χ1v) is 5.44. The van der Waals surface area contributed by atoms with Crippen LogP contribution in [0.1, 0.15) is 6.92 Å². The number of nitrogens with zero attached hydrogens (tertiary/aromatic N) is 4. The van der Waals surface area contributed by atoms with Gasteiger partial charge >= 0.3 is 6.01 Å². The molecule has 0 spiro atoms. The van der Waals surface area contributed by atoms with E-state index in [1.54, 1.807) is 0 Å². The molecule has 2 rings (SSSR count). The van der Waals surface area contributed by atoms with Crippen LogP contribution < -0.4 is 15.4 Å². The van der Waals surface area contributed by atoms with E-state index in [9.17, 15) is 0 Å². The van der Waals surface area contributed by atoms with Crippen molar-refractivity contribution in [2.45, 2.75) is 13.0 Å². The summed E-state index contributed by atoms with van der Waals surface area (Å²) in [6.45, 7) is 3.65. The Kier molecular flexibility index (Phi) is 3.11. The van der Waals surface area contributed by atoms with Crippen LogP contribution in [0.4, 0.5) is 5.95 Å². The summed E-state index contributed by atoms with van der Waals surface area (Å²) < 4.78 is 4.94. The van der Waals surface area contributed by atoms with Crippen LogP contribution in [0, 0.1) is 5.92 Å². The first-order chi connectivity index (χ1) is 7.60. The second-order valence-electron chi connectivity index (χ2n) is 3.94. The van der Waals surface area contributed by atoms with Gasteiger partial charge in [-0.15, -0.1) is 0 Å². The van der Waals surface area contributed by atoms with Crippen molar-refractivity contribution in [3.8, 4) is 6.01 Å². The van der Waals surface area contributed by atoms with Crippen molar-refractivity contribution >= 4 is 17.5 Å². The summed E-state index contributed by atoms with van der Waals surface area (Å²) in [6.07, 6.45) is 0. The fourth-order valence-corrected chi connectivity index (χ4v) is 1.86. The Hall–Kier alpha value is -1.14. The Morgan fingerprint density at radius 1 is 1.38 bits per heavy atom. The van der Waals surface area contributed by atoms with Gasteiger partial charge in [-0.05, 0) is 17.5 Å². The molecule has 1 fully saturated rings. The molecule has 0 aromatic carbocycles. The summed E-state index contributed by atoms with van der Waals surface area (Å²) in [7, 11) is 1.49. The fourth-order valence-electron chi connectivity index (χ4n) is 1.71. The number of nitrogens with two attached hydrogens (primary N) is 1. The zero-order chi connectivity index (χ0) is 11.7. The Morgan fingerprint density at radius 3 is 2.69 bits per heavy atom. The molecule has 1 saturated heterocycles. The van der Waals surface area contributed by atoms with Gasteiger partial charge in [0.05, 0.1) is 7.11 Å². The van der Waals surface area contributed by atoms with Gasteiger partial charge in [0.2, 0.25) is 11.2 Å². The molecule has 0 bridgehead atoms. The molecule has 1 aliphatic heterocycles. The zero-order valence-corrected chi connectivity index (χ0v) is 9.98. The van der Waals surface area contributed by atoms with Crippen molar-refractivity contribution in [1.29, 1.82) is 0 Å². The number of ether oxygens (including phenoxy) is 1. The Labute approximate surface area is 98.8 Å². The van der Waals surface area contributed by atoms with Gasteiger partial charge in [0.25, 0.3) is 0 Å². The highest BCUT2D eigenvalue weighted by Gasteiger charge is 2.28. The number of halogens is 1. The van der Waals surface area contributed by atoms with E-state index < -0.39 is 0 Å². The van der Waals surface area contributed by atoms with Gasteiger partial charge in [-0.2, -0.15) is 15.0 Å². The van der Waals surface area contributed by atoms with Crippen LogP contribution in [0.3, 0.4) is 0 Å². The minimum atomic E-state index is 0.134. The van der Waals surface area contributed by atoms with Crippen molar-refractivity contribution < 1.29 is 4.74 Å². The molecular weight excluding hydrogens is 230 g/mol. The van der Waals surface area contributed by atoms with Gasteiger partial charge in [-0.25, -0.2) is 0 Å². The first-order valence-electron chi connectivity index (χ1n) is 5.06. The third-order valence-corrected chi connectivity index (χ3v) is 2.88. The standard InChI is InChI=1S/C9H14ClN5O/c1-5-3-15(4-6(5)11)8-12-7(10)13-9(14-8)16-2/h5-6H,3-4,11H2,1-2H3. The van der Waals surface area contributed by atoms with Gasteiger partial charge in [-0.3, -0.25) is 0 Å². The third kappa shape index (κ3) is 2.17. The van der Waals surface area contributed by atoms with E-state index in [2.05, 4.69) is 21.9 Å². The van der Waals surface area contributed by atoms with E-state index in [1.165, 1.54) is 7.11 Å². The maximum Gasteiger partial charge on any atom is 0.322 e. The monoisotopic (exact) mass is 243 g/mol. The predicted molar refractivity (Wildman–Crippen MR) is 60.7 cm³/mol. The maximum absolute atomic E-state index is 5.94. The highest BCUT2D eigenvalue weighted by molar-refractivity contribution is 6.28. The van der Waals surface area contributed by atoms with E-state index in [0.29, 0.717) is 11.9 Å². The number of rotatable bonds is 2. The van der Waals surface area contributed by atoms with E-state index in [-0.39, 0.29) is 17.3 Å². The number of aromatic nitrogens is 3. The summed E-state index contributed by atoms with van der Waals surface area (Å²) in [5, 5.41) is 0.134. The summed E-state index contributed by atoms with van der Waals surface area (Å²) in [5.41, 5.74) is 5.94. The Bertz CT molecular complexity index is 378. The molecule has 1 aromatic heterocycles. The molecule has 2 atom stereocenters. The lowest BCUT2D eigenvalue weighted by atomic mass is 10.1. The van der Waals surface area contributed by atoms with E-state index in [0.717, 1.165) is 13.1 Å². The predicted octanol–water partition coefficient (Wildman–Crippen LogP) is 0.317. The molecule has 2 unspecified atom stereocenters. The molecule has 0 saturated carbocycles. The lowest BCUT2D eigenvalue weighted by Gasteiger charge is -2.15. The zero-order valence-electron chi connectivity index (χ0n) is 9.22. The van der Waals surface area contributed by atoms with Crippen LogP contribution in [-0.2, 0) is 0 Å². The quantitative estimate of drug-likeness (QED) is 0.806. The molecule has 0 radical (unpaired) electrons. The van der Waals surface area contributed by atoms with Crippen molar-refractivity contribution in [1.82, 2.24) is 15.0 Å². The van der Waals surface area contributed by atoms with E-state index in [1.807, 2.05) is 4.90 Å². The molecule has 1 aromatic rings. The number of anilines is 1. The second-order valence-corrected chi connectivity index (χ2v) is 4.28. The lowest BCUT2D eigenvalue weighted by molar-refractivity contribution is 0.378. The van der Waals surface area contributed by atoms with Crippen LogP contribution in [0.5, 0.6) is 6.01 Å². The maximum atomic E-state index is 5.94. The van der Waals surface area contributed by atoms with Crippen LogP contribution in [0.25, 0.3) is 0 Å². The summed E-state index contributed by atoms with van der Waals surface area (Å²) >= 11 is 5.78. The van der Waals surface area contributed by atoms with Gasteiger partial charge in [0.1, 0.15) is 0 Å². The van der Waals surface area contributed by atoms with E-state index >= 15 is 0 Å². The molecule has 2 heterocycles. The fraction of sp³-hybridized carbons (Fsp3) is 0.667. The van der Waals surface area contributed by atoms with Gasteiger partial charge in [-0.1, -0.05) is 6.92 Å². The number of methoxy groups -OCH3 is 1. The third-order valence-electron chi connectivity index (χ3n) is 2.71. The molecule has 1 aliphatic rings. The van der Waals surface area contributed by atoms with E-state index in [4.69, 9.17) is 22.1 Å². The summed E-state index contributed by atoms with van der Waals surface area (Å²) in [6, 6.07) is 0.365. The summed E-state index contributed by atoms with van der Waals surface area (Å²) in [4.78, 5) is 14.0. The average Bonchev–Trinajstić information content (AvgIpc) is 2.58. The SMILES string of the molecule is COc1nc(Cl)nc(N2CC(C)C(N)C2)n1. The average molecular weight is 244 g/mol. The second kappa shape index (κ2) is 4.39. The highest BCUT2D eigenvalue weighted by atomic mass is 35.5. The molecule has 16 heavy (non-hydrogen) atoms. The molecule has 6 nitrogen and oxygen atoms in total. The van der Waals surface area contributed by atoms with Crippen molar-refractivity contribution in [2.24, 2.45) is 11.7 Å². The topological polar surface area (TPSA) is 77.2 Å². The van der Waals surface area contributed by atoms with Crippen molar-refractivity contribution in [3.05, 3.63) is 5.28 Å². The largest absolute Gasteiger partial charge is 0.467 e. The molecule has 88 valence electrons. The Morgan fingerprint density at radius 2 is 2.12 bits per heavy atom. The van der Waals surface area contributed by atoms with Crippen LogP contribution in [-0.4, -0.2) is 41.2 Å². The van der Waals surface area contributed by atoms with Crippen LogP contribution >= 0.6 is 11.6 Å². The minimum absolute atomic E-state index is 0.134. The first kappa shape index (κ1) is 11.3. The molecule has 0 aliphatic carbocycles. The Balaban J connectivity index is 2.24. The normalized spacial score (nSPS) is 24.9. The van der Waals surface area contributed by atoms with Gasteiger partial charge in [0.15, 0.2) is 0 Å². The van der Waals surface area contributed by atoms with Crippen LogP contribution in [0.15, 0.2) is 0 Å². The van der Waals surface area contributed by atoms with Gasteiger partial charge < -0.3 is 15.4 Å².